The first-order valence-corrected chi connectivity index (χ1v) is 6.83. The molecule has 0 aromatic rings. The van der Waals surface area contributed by atoms with E-state index < -0.39 is 8.07 Å². The first-order chi connectivity index (χ1) is 3.71. The maximum atomic E-state index is 3.44. The van der Waals surface area contributed by atoms with Crippen LogP contribution in [0.15, 0.2) is 0 Å². The van der Waals surface area contributed by atoms with Crippen molar-refractivity contribution in [2.45, 2.75) is 25.6 Å². The fourth-order valence-corrected chi connectivity index (χ4v) is 3.37. The summed E-state index contributed by atoms with van der Waals surface area (Å²) in [6.45, 7) is 6.18. The normalized spacial score (nSPS) is 27.8. The molecule has 1 saturated heterocycles. The van der Waals surface area contributed by atoms with Crippen LogP contribution in [0.1, 0.15) is 6.42 Å². The van der Waals surface area contributed by atoms with Gasteiger partial charge in [0.1, 0.15) is 0 Å². The molecule has 0 radical (unpaired) electrons. The second-order valence-electron chi connectivity index (χ2n) is 3.44. The van der Waals surface area contributed by atoms with Gasteiger partial charge in [0.2, 0.25) is 0 Å². The third kappa shape index (κ3) is 1.60. The third-order valence-corrected chi connectivity index (χ3v) is 4.72. The molecule has 48 valence electrons. The van der Waals surface area contributed by atoms with Gasteiger partial charge in [0.15, 0.2) is 0 Å². The summed E-state index contributed by atoms with van der Waals surface area (Å²) >= 11 is 0. The van der Waals surface area contributed by atoms with Gasteiger partial charge in [-0.3, -0.25) is 0 Å². The Balaban J connectivity index is 2.33. The van der Waals surface area contributed by atoms with Crippen LogP contribution in [0, 0.1) is 0 Å². The highest BCUT2D eigenvalue weighted by molar-refractivity contribution is 6.77. The zero-order valence-corrected chi connectivity index (χ0v) is 6.83. The van der Waals surface area contributed by atoms with Crippen LogP contribution in [0.5, 0.6) is 0 Å². The van der Waals surface area contributed by atoms with Gasteiger partial charge in [0, 0.05) is 0 Å². The average Bonchev–Trinajstić information content (AvgIpc) is 1.65. The van der Waals surface area contributed by atoms with Gasteiger partial charge in [-0.2, -0.15) is 0 Å². The van der Waals surface area contributed by atoms with Crippen LogP contribution in [0.4, 0.5) is 0 Å². The lowest BCUT2D eigenvalue weighted by Gasteiger charge is -2.27. The molecule has 0 amide bonds. The molecule has 1 aliphatic heterocycles. The average molecular weight is 129 g/mol. The standard InChI is InChI=1S/C6H15NSi/c1-8(2)5-3-4-7-6-8/h7H,3-6H2,1-2H3. The molecule has 0 unspecified atom stereocenters. The van der Waals surface area contributed by atoms with Crippen LogP contribution in [0.2, 0.25) is 19.1 Å². The molecule has 8 heavy (non-hydrogen) atoms. The second-order valence-corrected chi connectivity index (χ2v) is 8.63. The predicted octanol–water partition coefficient (Wildman–Crippen LogP) is 1.23. The number of hydrogen-bond acceptors (Lipinski definition) is 1. The summed E-state index contributed by atoms with van der Waals surface area (Å²) < 4.78 is 0. The molecule has 2 heteroatoms. The van der Waals surface area contributed by atoms with E-state index in [0.29, 0.717) is 0 Å². The highest BCUT2D eigenvalue weighted by Gasteiger charge is 2.22. The highest BCUT2D eigenvalue weighted by atomic mass is 28.3. The second kappa shape index (κ2) is 2.19. The molecule has 0 saturated carbocycles. The molecular weight excluding hydrogens is 114 g/mol. The summed E-state index contributed by atoms with van der Waals surface area (Å²) in [6, 6.07) is 1.53. The van der Waals surface area contributed by atoms with Gasteiger partial charge in [0.25, 0.3) is 0 Å². The summed E-state index contributed by atoms with van der Waals surface area (Å²) in [4.78, 5) is 0. The van der Waals surface area contributed by atoms with Crippen molar-refractivity contribution in [3.05, 3.63) is 0 Å². The molecule has 0 aromatic heterocycles. The van der Waals surface area contributed by atoms with Crippen molar-refractivity contribution in [1.29, 1.82) is 0 Å². The molecule has 0 atom stereocenters. The van der Waals surface area contributed by atoms with E-state index in [1.165, 1.54) is 25.2 Å². The number of nitrogens with one attached hydrogen (secondary N) is 1. The molecular formula is C6H15NSi. The van der Waals surface area contributed by atoms with E-state index in [4.69, 9.17) is 0 Å². The van der Waals surface area contributed by atoms with Crippen molar-refractivity contribution < 1.29 is 0 Å². The number of hydrogen-bond donors (Lipinski definition) is 1. The molecule has 0 aromatic carbocycles. The number of rotatable bonds is 0. The Hall–Kier alpha value is 0.177. The van der Waals surface area contributed by atoms with Crippen molar-refractivity contribution in [3.63, 3.8) is 0 Å². The summed E-state index contributed by atoms with van der Waals surface area (Å²) in [5, 5.41) is 3.44. The molecule has 0 aliphatic carbocycles. The molecule has 1 rings (SSSR count). The van der Waals surface area contributed by atoms with Crippen LogP contribution in [0.25, 0.3) is 0 Å². The minimum atomic E-state index is -0.702. The van der Waals surface area contributed by atoms with E-state index in [1.54, 1.807) is 0 Å². The Morgan fingerprint density at radius 2 is 2.12 bits per heavy atom. The Labute approximate surface area is 52.5 Å². The lowest BCUT2D eigenvalue weighted by molar-refractivity contribution is 0.695. The van der Waals surface area contributed by atoms with Crippen molar-refractivity contribution in [3.8, 4) is 0 Å². The first kappa shape index (κ1) is 6.30. The minimum absolute atomic E-state index is 0.702. The lowest BCUT2D eigenvalue weighted by Crippen LogP contribution is -2.44. The molecule has 1 N–H and O–H groups in total. The molecule has 1 heterocycles. The highest BCUT2D eigenvalue weighted by Crippen LogP contribution is 2.13. The van der Waals surface area contributed by atoms with Crippen LogP contribution in [0.3, 0.4) is 0 Å². The van der Waals surface area contributed by atoms with Gasteiger partial charge in [0.05, 0.1) is 8.07 Å². The Kier molecular flexibility index (Phi) is 1.73. The maximum Gasteiger partial charge on any atom is 0.0626 e. The lowest BCUT2D eigenvalue weighted by atomic mass is 10.5. The molecule has 1 fully saturated rings. The topological polar surface area (TPSA) is 12.0 Å². The van der Waals surface area contributed by atoms with Gasteiger partial charge >= 0.3 is 0 Å². The molecule has 0 spiro atoms. The Morgan fingerprint density at radius 1 is 1.38 bits per heavy atom. The van der Waals surface area contributed by atoms with E-state index in [0.717, 1.165) is 0 Å². The van der Waals surface area contributed by atoms with Gasteiger partial charge in [-0.15, -0.1) is 0 Å². The van der Waals surface area contributed by atoms with E-state index in [2.05, 4.69) is 18.4 Å². The quantitative estimate of drug-likeness (QED) is 0.485. The van der Waals surface area contributed by atoms with Crippen molar-refractivity contribution >= 4 is 8.07 Å². The zero-order valence-electron chi connectivity index (χ0n) is 5.83. The van der Waals surface area contributed by atoms with E-state index in [-0.39, 0.29) is 0 Å². The molecule has 0 bridgehead atoms. The first-order valence-electron chi connectivity index (χ1n) is 3.41. The largest absolute Gasteiger partial charge is 0.319 e. The van der Waals surface area contributed by atoms with E-state index in [9.17, 15) is 0 Å². The maximum absolute atomic E-state index is 3.44. The van der Waals surface area contributed by atoms with Crippen molar-refractivity contribution in [1.82, 2.24) is 5.32 Å². The third-order valence-electron chi connectivity index (χ3n) is 1.81. The van der Waals surface area contributed by atoms with E-state index in [1.807, 2.05) is 0 Å². The van der Waals surface area contributed by atoms with Crippen molar-refractivity contribution in [2.24, 2.45) is 0 Å². The smallest absolute Gasteiger partial charge is 0.0626 e. The van der Waals surface area contributed by atoms with Crippen molar-refractivity contribution in [2.75, 3.05) is 12.7 Å². The van der Waals surface area contributed by atoms with E-state index >= 15 is 0 Å². The Morgan fingerprint density at radius 3 is 2.38 bits per heavy atom. The van der Waals surface area contributed by atoms with Crippen LogP contribution < -0.4 is 5.32 Å². The fraction of sp³-hybridized carbons (Fsp3) is 1.00. The molecule has 1 aliphatic rings. The van der Waals surface area contributed by atoms with Gasteiger partial charge in [-0.1, -0.05) is 19.1 Å². The summed E-state index contributed by atoms with van der Waals surface area (Å²) in [5.41, 5.74) is 0. The summed E-state index contributed by atoms with van der Waals surface area (Å²) in [6.07, 6.45) is 2.76. The zero-order chi connectivity index (χ0) is 6.04. The van der Waals surface area contributed by atoms with Gasteiger partial charge in [-0.25, -0.2) is 0 Å². The van der Waals surface area contributed by atoms with Crippen LogP contribution in [-0.4, -0.2) is 20.8 Å². The summed E-state index contributed by atoms with van der Waals surface area (Å²) in [5.74, 6) is 0. The minimum Gasteiger partial charge on any atom is -0.319 e. The molecule has 1 nitrogen and oxygen atoms in total. The van der Waals surface area contributed by atoms with Gasteiger partial charge in [-0.05, 0) is 19.1 Å². The van der Waals surface area contributed by atoms with Gasteiger partial charge < -0.3 is 5.32 Å². The predicted molar refractivity (Wildman–Crippen MR) is 39.8 cm³/mol. The SMILES string of the molecule is C[Si]1(C)CCCNC1. The van der Waals surface area contributed by atoms with Crippen LogP contribution in [-0.2, 0) is 0 Å². The summed E-state index contributed by atoms with van der Waals surface area (Å²) in [7, 11) is -0.702. The monoisotopic (exact) mass is 129 g/mol. The fourth-order valence-electron chi connectivity index (χ4n) is 1.21. The van der Waals surface area contributed by atoms with Crippen LogP contribution >= 0.6 is 0 Å². The Bertz CT molecular complexity index is 72.6.